The minimum Gasteiger partial charge on any atom is -0.339 e. The Bertz CT molecular complexity index is 963. The van der Waals surface area contributed by atoms with Crippen molar-refractivity contribution in [2.75, 3.05) is 18.4 Å². The van der Waals surface area contributed by atoms with E-state index in [9.17, 15) is 9.59 Å². The zero-order valence-corrected chi connectivity index (χ0v) is 16.2. The van der Waals surface area contributed by atoms with Crippen LogP contribution in [0.1, 0.15) is 34.6 Å². The monoisotopic (exact) mass is 414 g/mol. The average Bonchev–Trinajstić information content (AvgIpc) is 3.12. The molecule has 0 aliphatic rings. The quantitative estimate of drug-likeness (QED) is 0.689. The van der Waals surface area contributed by atoms with Crippen LogP contribution in [0.5, 0.6) is 0 Å². The highest BCUT2D eigenvalue weighted by Gasteiger charge is 2.14. The number of halogens is 1. The second kappa shape index (κ2) is 7.70. The molecule has 2 aromatic heterocycles. The number of nitrogens with one attached hydrogen (secondary N) is 1. The van der Waals surface area contributed by atoms with E-state index in [1.807, 2.05) is 13.8 Å². The van der Waals surface area contributed by atoms with Crippen molar-refractivity contribution in [2.45, 2.75) is 13.8 Å². The summed E-state index contributed by atoms with van der Waals surface area (Å²) in [4.78, 5) is 31.0. The molecule has 0 aliphatic carbocycles. The summed E-state index contributed by atoms with van der Waals surface area (Å²) >= 11 is 3.43. The molecular formula is C19H19BrN4O2. The van der Waals surface area contributed by atoms with Crippen LogP contribution >= 0.6 is 15.9 Å². The van der Waals surface area contributed by atoms with Gasteiger partial charge in [-0.25, -0.2) is 4.98 Å². The zero-order chi connectivity index (χ0) is 18.7. The van der Waals surface area contributed by atoms with Gasteiger partial charge in [0.15, 0.2) is 5.65 Å². The molecule has 0 atom stereocenters. The highest BCUT2D eigenvalue weighted by atomic mass is 79.9. The summed E-state index contributed by atoms with van der Waals surface area (Å²) in [5.41, 5.74) is 2.36. The lowest BCUT2D eigenvalue weighted by molar-refractivity contribution is 0.0772. The maximum Gasteiger partial charge on any atom is 0.257 e. The highest BCUT2D eigenvalue weighted by Crippen LogP contribution is 2.20. The van der Waals surface area contributed by atoms with Crippen molar-refractivity contribution >= 4 is 39.1 Å². The number of amides is 2. The van der Waals surface area contributed by atoms with Gasteiger partial charge < -0.3 is 14.6 Å². The average molecular weight is 415 g/mol. The second-order valence-electron chi connectivity index (χ2n) is 5.75. The van der Waals surface area contributed by atoms with Crippen molar-refractivity contribution < 1.29 is 9.59 Å². The van der Waals surface area contributed by atoms with Crippen LogP contribution in [0.4, 0.5) is 5.69 Å². The molecule has 0 saturated heterocycles. The van der Waals surface area contributed by atoms with Crippen LogP contribution in [0.2, 0.25) is 0 Å². The summed E-state index contributed by atoms with van der Waals surface area (Å²) in [6, 6.07) is 8.71. The van der Waals surface area contributed by atoms with E-state index in [0.29, 0.717) is 29.9 Å². The number of carbonyl (C=O) groups excluding carboxylic acids is 2. The van der Waals surface area contributed by atoms with Crippen LogP contribution in [-0.4, -0.2) is 39.2 Å². The minimum atomic E-state index is -0.256. The smallest absolute Gasteiger partial charge is 0.257 e. The third-order valence-electron chi connectivity index (χ3n) is 4.12. The molecule has 26 heavy (non-hydrogen) atoms. The Kier molecular flexibility index (Phi) is 5.37. The van der Waals surface area contributed by atoms with Crippen LogP contribution < -0.4 is 5.32 Å². The van der Waals surface area contributed by atoms with Crippen molar-refractivity contribution in [3.05, 3.63) is 64.5 Å². The lowest BCUT2D eigenvalue weighted by Crippen LogP contribution is -2.30. The highest BCUT2D eigenvalue weighted by molar-refractivity contribution is 9.10. The largest absolute Gasteiger partial charge is 0.339 e. The number of benzene rings is 1. The van der Waals surface area contributed by atoms with Crippen LogP contribution in [0.15, 0.2) is 53.4 Å². The molecule has 2 heterocycles. The molecule has 1 N–H and O–H groups in total. The number of rotatable bonds is 5. The predicted octanol–water partition coefficient (Wildman–Crippen LogP) is 3.83. The fourth-order valence-corrected chi connectivity index (χ4v) is 3.29. The predicted molar refractivity (Wildman–Crippen MR) is 105 cm³/mol. The number of hydrogen-bond donors (Lipinski definition) is 1. The van der Waals surface area contributed by atoms with Crippen molar-refractivity contribution in [3.63, 3.8) is 0 Å². The fourth-order valence-electron chi connectivity index (χ4n) is 2.74. The van der Waals surface area contributed by atoms with Gasteiger partial charge >= 0.3 is 0 Å². The van der Waals surface area contributed by atoms with Crippen molar-refractivity contribution in [1.29, 1.82) is 0 Å². The van der Waals surface area contributed by atoms with Crippen LogP contribution in [0, 0.1) is 0 Å². The lowest BCUT2D eigenvalue weighted by atomic mass is 10.1. The Morgan fingerprint density at radius 2 is 1.96 bits per heavy atom. The van der Waals surface area contributed by atoms with Gasteiger partial charge in [0.25, 0.3) is 11.8 Å². The van der Waals surface area contributed by atoms with Gasteiger partial charge in [-0.3, -0.25) is 9.59 Å². The van der Waals surface area contributed by atoms with Crippen molar-refractivity contribution in [2.24, 2.45) is 0 Å². The molecule has 2 amide bonds. The van der Waals surface area contributed by atoms with Crippen molar-refractivity contribution in [3.8, 4) is 0 Å². The van der Waals surface area contributed by atoms with Gasteiger partial charge in [0, 0.05) is 42.9 Å². The molecule has 3 aromatic rings. The molecule has 0 saturated carbocycles. The number of imidazole rings is 1. The van der Waals surface area contributed by atoms with E-state index in [0.717, 1.165) is 10.1 Å². The van der Waals surface area contributed by atoms with Crippen molar-refractivity contribution in [1.82, 2.24) is 14.3 Å². The molecule has 0 bridgehead atoms. The molecule has 134 valence electrons. The molecule has 0 radical (unpaired) electrons. The number of carbonyl (C=O) groups is 2. The van der Waals surface area contributed by atoms with Gasteiger partial charge in [-0.05, 0) is 54.0 Å². The molecule has 7 heteroatoms. The summed E-state index contributed by atoms with van der Waals surface area (Å²) in [5.74, 6) is -0.303. The lowest BCUT2D eigenvalue weighted by Gasteiger charge is -2.19. The van der Waals surface area contributed by atoms with Gasteiger partial charge in [-0.1, -0.05) is 6.07 Å². The summed E-state index contributed by atoms with van der Waals surface area (Å²) in [6.45, 7) is 5.17. The Morgan fingerprint density at radius 3 is 2.69 bits per heavy atom. The summed E-state index contributed by atoms with van der Waals surface area (Å²) in [6.07, 6.45) is 5.16. The van der Waals surface area contributed by atoms with E-state index in [4.69, 9.17) is 0 Å². The van der Waals surface area contributed by atoms with E-state index in [2.05, 4.69) is 26.2 Å². The molecule has 6 nitrogen and oxygen atoms in total. The van der Waals surface area contributed by atoms with Gasteiger partial charge in [0.2, 0.25) is 0 Å². The molecular weight excluding hydrogens is 396 g/mol. The second-order valence-corrected chi connectivity index (χ2v) is 6.60. The van der Waals surface area contributed by atoms with Crippen LogP contribution in [-0.2, 0) is 0 Å². The first-order valence-corrected chi connectivity index (χ1v) is 9.15. The minimum absolute atomic E-state index is 0.0475. The number of anilines is 1. The molecule has 3 rings (SSSR count). The Hall–Kier alpha value is -2.67. The summed E-state index contributed by atoms with van der Waals surface area (Å²) in [5, 5.41) is 2.85. The van der Waals surface area contributed by atoms with E-state index in [-0.39, 0.29) is 11.8 Å². The first-order valence-electron chi connectivity index (χ1n) is 8.36. The SMILES string of the molecule is CCN(CC)C(=O)c1cccc(NC(=O)c2cc(Br)c3nccn3c2)c1. The van der Waals surface area contributed by atoms with E-state index in [1.54, 1.807) is 58.2 Å². The first-order chi connectivity index (χ1) is 12.5. The topological polar surface area (TPSA) is 66.7 Å². The number of pyridine rings is 1. The van der Waals surface area contributed by atoms with Gasteiger partial charge in [-0.2, -0.15) is 0 Å². The normalized spacial score (nSPS) is 10.7. The van der Waals surface area contributed by atoms with Gasteiger partial charge in [-0.15, -0.1) is 0 Å². The third-order valence-corrected chi connectivity index (χ3v) is 4.71. The number of fused-ring (bicyclic) bond motifs is 1. The van der Waals surface area contributed by atoms with E-state index in [1.165, 1.54) is 0 Å². The summed E-state index contributed by atoms with van der Waals surface area (Å²) < 4.78 is 2.51. The van der Waals surface area contributed by atoms with E-state index < -0.39 is 0 Å². The molecule has 0 fully saturated rings. The Balaban J connectivity index is 1.82. The molecule has 0 aliphatic heterocycles. The van der Waals surface area contributed by atoms with Gasteiger partial charge in [0.1, 0.15) is 0 Å². The first kappa shape index (κ1) is 18.1. The fraction of sp³-hybridized carbons (Fsp3) is 0.211. The number of nitrogens with zero attached hydrogens (tertiary/aromatic N) is 3. The summed E-state index contributed by atoms with van der Waals surface area (Å²) in [7, 11) is 0. The van der Waals surface area contributed by atoms with Crippen LogP contribution in [0.25, 0.3) is 5.65 Å². The number of aromatic nitrogens is 2. The zero-order valence-electron chi connectivity index (χ0n) is 14.6. The Labute approximate surface area is 160 Å². The third kappa shape index (κ3) is 3.62. The molecule has 0 spiro atoms. The maximum absolute atomic E-state index is 12.6. The standard InChI is InChI=1S/C19H19BrN4O2/c1-3-23(4-2)19(26)13-6-5-7-15(10-13)22-18(25)14-11-16(20)17-21-8-9-24(17)12-14/h5-12H,3-4H2,1-2H3,(H,22,25). The Morgan fingerprint density at radius 1 is 1.19 bits per heavy atom. The maximum atomic E-state index is 12.6. The van der Waals surface area contributed by atoms with Crippen LogP contribution in [0.3, 0.4) is 0 Å². The number of hydrogen-bond acceptors (Lipinski definition) is 3. The van der Waals surface area contributed by atoms with E-state index >= 15 is 0 Å². The van der Waals surface area contributed by atoms with Gasteiger partial charge in [0.05, 0.1) is 10.0 Å². The molecule has 0 unspecified atom stereocenters. The molecule has 1 aromatic carbocycles.